The van der Waals surface area contributed by atoms with Crippen LogP contribution in [0.3, 0.4) is 0 Å². The van der Waals surface area contributed by atoms with Crippen LogP contribution in [0.25, 0.3) is 0 Å². The standard InChI is InChI=1S/C14H12BrClFNO/c1-8(18)9-3-2-4-10(5-9)19-14-7-13(17)12(16)6-11(14)15/h2-8H,18H2,1H3. The monoisotopic (exact) mass is 343 g/mol. The molecule has 19 heavy (non-hydrogen) atoms. The van der Waals surface area contributed by atoms with Gasteiger partial charge in [-0.15, -0.1) is 0 Å². The molecule has 0 saturated heterocycles. The lowest BCUT2D eigenvalue weighted by atomic mass is 10.1. The van der Waals surface area contributed by atoms with Crippen LogP contribution in [-0.2, 0) is 0 Å². The first-order chi connectivity index (χ1) is 8.97. The summed E-state index contributed by atoms with van der Waals surface area (Å²) in [5.74, 6) is 0.434. The highest BCUT2D eigenvalue weighted by atomic mass is 79.9. The zero-order chi connectivity index (χ0) is 14.0. The summed E-state index contributed by atoms with van der Waals surface area (Å²) >= 11 is 8.96. The molecule has 0 saturated carbocycles. The van der Waals surface area contributed by atoms with Gasteiger partial charge in [0.25, 0.3) is 0 Å². The van der Waals surface area contributed by atoms with Gasteiger partial charge in [0.1, 0.15) is 17.3 Å². The summed E-state index contributed by atoms with van der Waals surface area (Å²) in [6.45, 7) is 1.89. The smallest absolute Gasteiger partial charge is 0.145 e. The van der Waals surface area contributed by atoms with Gasteiger partial charge in [0.2, 0.25) is 0 Å². The van der Waals surface area contributed by atoms with Gasteiger partial charge in [-0.25, -0.2) is 4.39 Å². The quantitative estimate of drug-likeness (QED) is 0.790. The van der Waals surface area contributed by atoms with Gasteiger partial charge in [0, 0.05) is 12.1 Å². The van der Waals surface area contributed by atoms with Crippen LogP contribution in [0.4, 0.5) is 4.39 Å². The Morgan fingerprint density at radius 1 is 1.32 bits per heavy atom. The highest BCUT2D eigenvalue weighted by Crippen LogP contribution is 2.34. The molecule has 0 amide bonds. The highest BCUT2D eigenvalue weighted by molar-refractivity contribution is 9.10. The maximum Gasteiger partial charge on any atom is 0.145 e. The third-order valence-corrected chi connectivity index (χ3v) is 3.50. The molecule has 5 heteroatoms. The molecule has 2 aromatic carbocycles. The van der Waals surface area contributed by atoms with Gasteiger partial charge in [-0.3, -0.25) is 0 Å². The lowest BCUT2D eigenvalue weighted by molar-refractivity contribution is 0.472. The average molecular weight is 345 g/mol. The number of rotatable bonds is 3. The van der Waals surface area contributed by atoms with Crippen molar-refractivity contribution in [3.05, 3.63) is 57.3 Å². The molecule has 0 heterocycles. The van der Waals surface area contributed by atoms with Gasteiger partial charge in [0.15, 0.2) is 0 Å². The van der Waals surface area contributed by atoms with Crippen molar-refractivity contribution in [3.63, 3.8) is 0 Å². The van der Waals surface area contributed by atoms with Crippen molar-refractivity contribution in [2.75, 3.05) is 0 Å². The summed E-state index contributed by atoms with van der Waals surface area (Å²) < 4.78 is 19.6. The Labute approximate surface area is 124 Å². The summed E-state index contributed by atoms with van der Waals surface area (Å²) in [5.41, 5.74) is 6.75. The minimum Gasteiger partial charge on any atom is -0.456 e. The predicted octanol–water partition coefficient (Wildman–Crippen LogP) is 5.05. The molecule has 1 unspecified atom stereocenters. The molecule has 0 aliphatic rings. The fourth-order valence-electron chi connectivity index (χ4n) is 1.57. The molecule has 0 bridgehead atoms. The molecule has 0 aromatic heterocycles. The van der Waals surface area contributed by atoms with Crippen LogP contribution in [0.15, 0.2) is 40.9 Å². The SMILES string of the molecule is CC(N)c1cccc(Oc2cc(F)c(Cl)cc2Br)c1. The number of nitrogens with two attached hydrogens (primary N) is 1. The second kappa shape index (κ2) is 5.90. The van der Waals surface area contributed by atoms with Crippen LogP contribution in [0.5, 0.6) is 11.5 Å². The van der Waals surface area contributed by atoms with Gasteiger partial charge in [-0.05, 0) is 46.6 Å². The summed E-state index contributed by atoms with van der Waals surface area (Å²) in [5, 5.41) is 0.0450. The molecule has 0 spiro atoms. The Morgan fingerprint density at radius 2 is 2.05 bits per heavy atom. The van der Waals surface area contributed by atoms with Crippen LogP contribution in [0.1, 0.15) is 18.5 Å². The molecule has 0 aliphatic carbocycles. The van der Waals surface area contributed by atoms with Crippen LogP contribution in [0, 0.1) is 5.82 Å². The van der Waals surface area contributed by atoms with Crippen molar-refractivity contribution >= 4 is 27.5 Å². The molecular formula is C14H12BrClFNO. The molecule has 0 radical (unpaired) electrons. The van der Waals surface area contributed by atoms with E-state index in [1.54, 1.807) is 6.07 Å². The van der Waals surface area contributed by atoms with E-state index in [1.165, 1.54) is 12.1 Å². The van der Waals surface area contributed by atoms with Crippen LogP contribution in [0.2, 0.25) is 5.02 Å². The number of ether oxygens (including phenoxy) is 1. The normalized spacial score (nSPS) is 12.3. The molecule has 2 N–H and O–H groups in total. The molecule has 2 nitrogen and oxygen atoms in total. The van der Waals surface area contributed by atoms with Crippen molar-refractivity contribution < 1.29 is 9.13 Å². The fourth-order valence-corrected chi connectivity index (χ4v) is 2.29. The van der Waals surface area contributed by atoms with E-state index in [0.717, 1.165) is 5.56 Å². The molecule has 1 atom stereocenters. The maximum atomic E-state index is 13.4. The number of hydrogen-bond acceptors (Lipinski definition) is 2. The maximum absolute atomic E-state index is 13.4. The molecule has 0 fully saturated rings. The molecule has 2 aromatic rings. The first-order valence-electron chi connectivity index (χ1n) is 5.65. The van der Waals surface area contributed by atoms with Gasteiger partial charge in [0.05, 0.1) is 9.50 Å². The van der Waals surface area contributed by atoms with Crippen LogP contribution >= 0.6 is 27.5 Å². The predicted molar refractivity (Wildman–Crippen MR) is 78.2 cm³/mol. The third-order valence-electron chi connectivity index (χ3n) is 2.59. The Bertz CT molecular complexity index is 604. The molecular weight excluding hydrogens is 333 g/mol. The minimum atomic E-state index is -0.525. The summed E-state index contributed by atoms with van der Waals surface area (Å²) in [7, 11) is 0. The van der Waals surface area contributed by atoms with E-state index in [1.807, 2.05) is 25.1 Å². The second-order valence-corrected chi connectivity index (χ2v) is 5.42. The van der Waals surface area contributed by atoms with Gasteiger partial charge >= 0.3 is 0 Å². The fraction of sp³-hybridized carbons (Fsp3) is 0.143. The van der Waals surface area contributed by atoms with E-state index in [0.29, 0.717) is 16.0 Å². The minimum absolute atomic E-state index is 0.0450. The van der Waals surface area contributed by atoms with Gasteiger partial charge < -0.3 is 10.5 Å². The number of hydrogen-bond donors (Lipinski definition) is 1. The van der Waals surface area contributed by atoms with E-state index >= 15 is 0 Å². The van der Waals surface area contributed by atoms with Crippen molar-refractivity contribution in [1.82, 2.24) is 0 Å². The molecule has 2 rings (SSSR count). The van der Waals surface area contributed by atoms with E-state index in [9.17, 15) is 4.39 Å². The van der Waals surface area contributed by atoms with E-state index in [2.05, 4.69) is 15.9 Å². The summed E-state index contributed by atoms with van der Waals surface area (Å²) in [4.78, 5) is 0. The third kappa shape index (κ3) is 3.47. The average Bonchev–Trinajstić information content (AvgIpc) is 2.36. The first-order valence-corrected chi connectivity index (χ1v) is 6.82. The topological polar surface area (TPSA) is 35.2 Å². The zero-order valence-electron chi connectivity index (χ0n) is 10.2. The zero-order valence-corrected chi connectivity index (χ0v) is 12.5. The van der Waals surface area contributed by atoms with E-state index in [4.69, 9.17) is 22.1 Å². The van der Waals surface area contributed by atoms with Crippen molar-refractivity contribution in [1.29, 1.82) is 0 Å². The van der Waals surface area contributed by atoms with E-state index < -0.39 is 5.82 Å². The lowest BCUT2D eigenvalue weighted by Crippen LogP contribution is -2.04. The molecule has 100 valence electrons. The Hall–Kier alpha value is -1.10. The summed E-state index contributed by atoms with van der Waals surface area (Å²) in [6, 6.07) is 9.97. The van der Waals surface area contributed by atoms with Crippen LogP contribution in [-0.4, -0.2) is 0 Å². The van der Waals surface area contributed by atoms with Crippen LogP contribution < -0.4 is 10.5 Å². The first kappa shape index (κ1) is 14.3. The Morgan fingerprint density at radius 3 is 2.74 bits per heavy atom. The number of benzene rings is 2. The highest BCUT2D eigenvalue weighted by Gasteiger charge is 2.09. The summed E-state index contributed by atoms with van der Waals surface area (Å²) in [6.07, 6.45) is 0. The number of halogens is 3. The van der Waals surface area contributed by atoms with Gasteiger partial charge in [-0.2, -0.15) is 0 Å². The van der Waals surface area contributed by atoms with Gasteiger partial charge in [-0.1, -0.05) is 23.7 Å². The van der Waals surface area contributed by atoms with Crippen molar-refractivity contribution in [2.45, 2.75) is 13.0 Å². The largest absolute Gasteiger partial charge is 0.456 e. The van der Waals surface area contributed by atoms with Crippen molar-refractivity contribution in [3.8, 4) is 11.5 Å². The molecule has 0 aliphatic heterocycles. The van der Waals surface area contributed by atoms with Crippen molar-refractivity contribution in [2.24, 2.45) is 5.73 Å². The Balaban J connectivity index is 2.31. The second-order valence-electron chi connectivity index (χ2n) is 4.16. The lowest BCUT2D eigenvalue weighted by Gasteiger charge is -2.11. The Kier molecular flexibility index (Phi) is 4.45. The van der Waals surface area contributed by atoms with E-state index in [-0.39, 0.29) is 11.1 Å².